The normalized spacial score (nSPS) is 17.0. The second-order valence-electron chi connectivity index (χ2n) is 6.13. The van der Waals surface area contributed by atoms with Crippen LogP contribution in [0.3, 0.4) is 0 Å². The summed E-state index contributed by atoms with van der Waals surface area (Å²) in [6, 6.07) is 4.12. The van der Waals surface area contributed by atoms with Crippen LogP contribution in [0, 0.1) is 0 Å². The van der Waals surface area contributed by atoms with Gasteiger partial charge in [0.1, 0.15) is 11.8 Å². The van der Waals surface area contributed by atoms with E-state index in [1.54, 1.807) is 32.0 Å². The molecule has 26 heavy (non-hydrogen) atoms. The SMILES string of the molecule is CCOc1ccc(C(=O)N2CCNC(=O)C2CC(=O)OC(C)C)cc1Br. The number of carbonyl (C=O) groups is 3. The summed E-state index contributed by atoms with van der Waals surface area (Å²) in [5, 5.41) is 2.69. The number of carbonyl (C=O) groups excluding carboxylic acids is 3. The largest absolute Gasteiger partial charge is 0.493 e. The highest BCUT2D eigenvalue weighted by Crippen LogP contribution is 2.27. The molecule has 1 fully saturated rings. The number of ether oxygens (including phenoxy) is 2. The number of esters is 1. The third-order valence-electron chi connectivity index (χ3n) is 3.80. The molecule has 1 heterocycles. The van der Waals surface area contributed by atoms with Crippen LogP contribution in [0.15, 0.2) is 22.7 Å². The Kier molecular flexibility index (Phi) is 7.02. The molecule has 1 unspecified atom stereocenters. The zero-order valence-corrected chi connectivity index (χ0v) is 16.7. The Bertz CT molecular complexity index is 692. The van der Waals surface area contributed by atoms with Crippen LogP contribution in [0.2, 0.25) is 0 Å². The van der Waals surface area contributed by atoms with Crippen molar-refractivity contribution in [3.05, 3.63) is 28.2 Å². The van der Waals surface area contributed by atoms with Crippen molar-refractivity contribution in [3.8, 4) is 5.75 Å². The number of hydrogen-bond donors (Lipinski definition) is 1. The van der Waals surface area contributed by atoms with E-state index >= 15 is 0 Å². The minimum absolute atomic E-state index is 0.173. The number of nitrogens with zero attached hydrogens (tertiary/aromatic N) is 1. The molecule has 2 rings (SSSR count). The summed E-state index contributed by atoms with van der Waals surface area (Å²) in [5.41, 5.74) is 0.414. The van der Waals surface area contributed by atoms with Crippen LogP contribution < -0.4 is 10.1 Å². The second kappa shape index (κ2) is 9.02. The van der Waals surface area contributed by atoms with Gasteiger partial charge in [-0.15, -0.1) is 0 Å². The number of hydrogen-bond acceptors (Lipinski definition) is 5. The highest BCUT2D eigenvalue weighted by atomic mass is 79.9. The Morgan fingerprint density at radius 2 is 2.12 bits per heavy atom. The first-order chi connectivity index (χ1) is 12.3. The lowest BCUT2D eigenvalue weighted by Gasteiger charge is -2.34. The fourth-order valence-electron chi connectivity index (χ4n) is 2.70. The van der Waals surface area contributed by atoms with Gasteiger partial charge < -0.3 is 19.7 Å². The van der Waals surface area contributed by atoms with E-state index in [1.807, 2.05) is 6.92 Å². The number of nitrogens with one attached hydrogen (secondary N) is 1. The van der Waals surface area contributed by atoms with E-state index in [1.165, 1.54) is 4.90 Å². The van der Waals surface area contributed by atoms with Gasteiger partial charge in [0.2, 0.25) is 5.91 Å². The van der Waals surface area contributed by atoms with Crippen molar-refractivity contribution >= 4 is 33.7 Å². The highest BCUT2D eigenvalue weighted by molar-refractivity contribution is 9.10. The summed E-state index contributed by atoms with van der Waals surface area (Å²) >= 11 is 3.39. The third-order valence-corrected chi connectivity index (χ3v) is 4.42. The van der Waals surface area contributed by atoms with Crippen molar-refractivity contribution in [3.63, 3.8) is 0 Å². The Balaban J connectivity index is 2.19. The predicted molar refractivity (Wildman–Crippen MR) is 99.0 cm³/mol. The smallest absolute Gasteiger partial charge is 0.308 e. The molecule has 1 aliphatic rings. The van der Waals surface area contributed by atoms with Crippen LogP contribution in [0.5, 0.6) is 5.75 Å². The quantitative estimate of drug-likeness (QED) is 0.704. The molecule has 8 heteroatoms. The second-order valence-corrected chi connectivity index (χ2v) is 6.98. The molecule has 0 bridgehead atoms. The van der Waals surface area contributed by atoms with E-state index < -0.39 is 12.0 Å². The Labute approximate surface area is 161 Å². The van der Waals surface area contributed by atoms with Gasteiger partial charge in [0.25, 0.3) is 5.91 Å². The first-order valence-corrected chi connectivity index (χ1v) is 9.33. The van der Waals surface area contributed by atoms with Crippen molar-refractivity contribution in [1.82, 2.24) is 10.2 Å². The average molecular weight is 427 g/mol. The maximum absolute atomic E-state index is 12.9. The molecule has 0 spiro atoms. The van der Waals surface area contributed by atoms with Gasteiger partial charge in [0.15, 0.2) is 0 Å². The van der Waals surface area contributed by atoms with E-state index in [9.17, 15) is 14.4 Å². The molecule has 1 N–H and O–H groups in total. The predicted octanol–water partition coefficient (Wildman–Crippen LogP) is 2.13. The molecule has 142 valence electrons. The van der Waals surface area contributed by atoms with Gasteiger partial charge >= 0.3 is 5.97 Å². The summed E-state index contributed by atoms with van der Waals surface area (Å²) in [4.78, 5) is 38.5. The fourth-order valence-corrected chi connectivity index (χ4v) is 3.20. The number of rotatable bonds is 6. The molecular formula is C18H23BrN2O5. The number of piperazine rings is 1. The van der Waals surface area contributed by atoms with Gasteiger partial charge in [-0.2, -0.15) is 0 Å². The molecule has 2 amide bonds. The van der Waals surface area contributed by atoms with E-state index in [-0.39, 0.29) is 24.3 Å². The molecule has 0 radical (unpaired) electrons. The van der Waals surface area contributed by atoms with Gasteiger partial charge in [-0.25, -0.2) is 0 Å². The molecule has 1 aromatic carbocycles. The van der Waals surface area contributed by atoms with Crippen molar-refractivity contribution in [2.75, 3.05) is 19.7 Å². The van der Waals surface area contributed by atoms with E-state index in [4.69, 9.17) is 9.47 Å². The van der Waals surface area contributed by atoms with Crippen LogP contribution in [-0.2, 0) is 14.3 Å². The van der Waals surface area contributed by atoms with Crippen LogP contribution in [0.1, 0.15) is 37.6 Å². The molecule has 0 saturated carbocycles. The zero-order valence-electron chi connectivity index (χ0n) is 15.1. The van der Waals surface area contributed by atoms with Gasteiger partial charge in [-0.1, -0.05) is 0 Å². The first kappa shape index (κ1) is 20.2. The minimum atomic E-state index is -0.882. The average Bonchev–Trinajstić information content (AvgIpc) is 2.57. The lowest BCUT2D eigenvalue weighted by atomic mass is 10.1. The van der Waals surface area contributed by atoms with Gasteiger partial charge in [0, 0.05) is 18.7 Å². The summed E-state index contributed by atoms with van der Waals surface area (Å²) < 4.78 is 11.2. The maximum atomic E-state index is 12.9. The molecule has 1 aromatic rings. The van der Waals surface area contributed by atoms with Crippen molar-refractivity contribution < 1.29 is 23.9 Å². The van der Waals surface area contributed by atoms with E-state index in [2.05, 4.69) is 21.2 Å². The standard InChI is InChI=1S/C18H23BrN2O5/c1-4-25-15-6-5-12(9-13(15)19)18(24)21-8-7-20-17(23)14(21)10-16(22)26-11(2)3/h5-6,9,11,14H,4,7-8,10H2,1-3H3,(H,20,23). The molecule has 0 aliphatic carbocycles. The molecule has 1 atom stereocenters. The van der Waals surface area contributed by atoms with Crippen molar-refractivity contribution in [1.29, 1.82) is 0 Å². The fraction of sp³-hybridized carbons (Fsp3) is 0.500. The van der Waals surface area contributed by atoms with E-state index in [0.29, 0.717) is 35.5 Å². The van der Waals surface area contributed by atoms with Gasteiger partial charge in [0.05, 0.1) is 23.6 Å². The van der Waals surface area contributed by atoms with Crippen LogP contribution in [0.25, 0.3) is 0 Å². The van der Waals surface area contributed by atoms with Gasteiger partial charge in [-0.3, -0.25) is 14.4 Å². The molecule has 0 aromatic heterocycles. The Morgan fingerprint density at radius 3 is 2.73 bits per heavy atom. The van der Waals surface area contributed by atoms with E-state index in [0.717, 1.165) is 0 Å². The Morgan fingerprint density at radius 1 is 1.38 bits per heavy atom. The molecular weight excluding hydrogens is 404 g/mol. The number of benzene rings is 1. The van der Waals surface area contributed by atoms with Crippen LogP contribution in [-0.4, -0.2) is 54.5 Å². The third kappa shape index (κ3) is 4.97. The lowest BCUT2D eigenvalue weighted by Crippen LogP contribution is -2.57. The minimum Gasteiger partial charge on any atom is -0.493 e. The summed E-state index contributed by atoms with van der Waals surface area (Å²) in [6.45, 7) is 6.53. The zero-order chi connectivity index (χ0) is 19.3. The molecule has 7 nitrogen and oxygen atoms in total. The van der Waals surface area contributed by atoms with Gasteiger partial charge in [-0.05, 0) is 54.9 Å². The Hall–Kier alpha value is -2.09. The summed E-state index contributed by atoms with van der Waals surface area (Å²) in [6.07, 6.45) is -0.450. The monoisotopic (exact) mass is 426 g/mol. The first-order valence-electron chi connectivity index (χ1n) is 8.54. The highest BCUT2D eigenvalue weighted by Gasteiger charge is 2.35. The molecule has 1 aliphatic heterocycles. The van der Waals surface area contributed by atoms with Crippen LogP contribution >= 0.6 is 15.9 Å². The maximum Gasteiger partial charge on any atom is 0.308 e. The number of halogens is 1. The topological polar surface area (TPSA) is 84.9 Å². The van der Waals surface area contributed by atoms with Crippen molar-refractivity contribution in [2.24, 2.45) is 0 Å². The van der Waals surface area contributed by atoms with Crippen LogP contribution in [0.4, 0.5) is 0 Å². The molecule has 1 saturated heterocycles. The number of amides is 2. The lowest BCUT2D eigenvalue weighted by molar-refractivity contribution is -0.151. The summed E-state index contributed by atoms with van der Waals surface area (Å²) in [5.74, 6) is -0.536. The summed E-state index contributed by atoms with van der Waals surface area (Å²) in [7, 11) is 0. The van der Waals surface area contributed by atoms with Crippen molar-refractivity contribution in [2.45, 2.75) is 39.3 Å².